The van der Waals surface area contributed by atoms with E-state index in [1.807, 2.05) is 26.0 Å². The minimum absolute atomic E-state index is 0. The van der Waals surface area contributed by atoms with Crippen molar-refractivity contribution in [1.29, 1.82) is 0 Å². The Morgan fingerprint density at radius 1 is 1.18 bits per heavy atom. The third-order valence-electron chi connectivity index (χ3n) is 5.75. The lowest BCUT2D eigenvalue weighted by Gasteiger charge is -2.33. The quantitative estimate of drug-likeness (QED) is 0.750. The van der Waals surface area contributed by atoms with Gasteiger partial charge in [-0.3, -0.25) is 4.79 Å². The van der Waals surface area contributed by atoms with Crippen LogP contribution in [-0.4, -0.2) is 43.8 Å². The van der Waals surface area contributed by atoms with Gasteiger partial charge in [-0.15, -0.1) is 12.4 Å². The largest absolute Gasteiger partial charge is 0.350 e. The summed E-state index contributed by atoms with van der Waals surface area (Å²) in [6, 6.07) is 5.56. The van der Waals surface area contributed by atoms with Gasteiger partial charge >= 0.3 is 0 Å². The number of nitrogens with zero attached hydrogens (tertiary/aromatic N) is 1. The summed E-state index contributed by atoms with van der Waals surface area (Å²) in [6.07, 6.45) is 5.37. The second kappa shape index (κ2) is 9.11. The van der Waals surface area contributed by atoms with Crippen LogP contribution in [0.2, 0.25) is 0 Å². The van der Waals surface area contributed by atoms with E-state index in [0.717, 1.165) is 19.3 Å². The van der Waals surface area contributed by atoms with Crippen molar-refractivity contribution in [2.45, 2.75) is 62.8 Å². The Labute approximate surface area is 174 Å². The SMILES string of the molecule is CC(C)(CN)NC(=O)C1CCN(S(=O)(=O)c2ccc3c(c2)CCCC3)CC1.Cl. The Balaban J connectivity index is 0.00000280. The first-order chi connectivity index (χ1) is 12.7. The summed E-state index contributed by atoms with van der Waals surface area (Å²) in [5.41, 5.74) is 7.68. The van der Waals surface area contributed by atoms with Gasteiger partial charge in [0.15, 0.2) is 0 Å². The molecule has 0 spiro atoms. The molecule has 8 heteroatoms. The molecule has 1 amide bonds. The summed E-state index contributed by atoms with van der Waals surface area (Å²) >= 11 is 0. The number of amides is 1. The standard InChI is InChI=1S/C20H31N3O3S.ClH/c1-20(2,14-21)22-19(24)16-9-11-23(12-10-16)27(25,26)18-8-7-15-5-3-4-6-17(15)13-18;/h7-8,13,16H,3-6,9-12,14,21H2,1-2H3,(H,22,24);1H. The minimum Gasteiger partial charge on any atom is -0.350 e. The number of nitrogens with one attached hydrogen (secondary N) is 1. The van der Waals surface area contributed by atoms with Crippen LogP contribution in [0.1, 0.15) is 50.7 Å². The molecule has 1 aliphatic carbocycles. The van der Waals surface area contributed by atoms with Gasteiger partial charge in [0.1, 0.15) is 0 Å². The third kappa shape index (κ3) is 5.06. The van der Waals surface area contributed by atoms with Crippen LogP contribution in [0.4, 0.5) is 0 Å². The van der Waals surface area contributed by atoms with E-state index in [2.05, 4.69) is 5.32 Å². The Kier molecular flexibility index (Phi) is 7.53. The van der Waals surface area contributed by atoms with Gasteiger partial charge in [-0.25, -0.2) is 8.42 Å². The second-order valence-corrected chi connectivity index (χ2v) is 10.3. The smallest absolute Gasteiger partial charge is 0.243 e. The first-order valence-corrected chi connectivity index (χ1v) is 11.3. The maximum atomic E-state index is 13.0. The van der Waals surface area contributed by atoms with Crippen LogP contribution in [0.25, 0.3) is 0 Å². The van der Waals surface area contributed by atoms with Gasteiger partial charge in [-0.2, -0.15) is 4.31 Å². The van der Waals surface area contributed by atoms with E-state index in [1.54, 1.807) is 6.07 Å². The Bertz CT molecular complexity index is 803. The molecule has 28 heavy (non-hydrogen) atoms. The summed E-state index contributed by atoms with van der Waals surface area (Å²) in [5.74, 6) is -0.193. The zero-order chi connectivity index (χ0) is 19.7. The van der Waals surface area contributed by atoms with Crippen LogP contribution in [0, 0.1) is 5.92 Å². The lowest BCUT2D eigenvalue weighted by molar-refractivity contribution is -0.127. The molecule has 0 radical (unpaired) electrons. The number of hydrogen-bond acceptors (Lipinski definition) is 4. The highest BCUT2D eigenvalue weighted by Crippen LogP contribution is 2.28. The molecule has 0 aromatic heterocycles. The number of hydrogen-bond donors (Lipinski definition) is 2. The first kappa shape index (κ1) is 23.1. The molecule has 2 aliphatic rings. The number of halogens is 1. The van der Waals surface area contributed by atoms with Gasteiger partial charge in [0.05, 0.1) is 4.90 Å². The van der Waals surface area contributed by atoms with Crippen molar-refractivity contribution in [2.75, 3.05) is 19.6 Å². The van der Waals surface area contributed by atoms with Gasteiger partial charge in [0.25, 0.3) is 0 Å². The predicted octanol–water partition coefficient (Wildman–Crippen LogP) is 2.24. The fraction of sp³-hybridized carbons (Fsp3) is 0.650. The molecule has 1 aliphatic heterocycles. The summed E-state index contributed by atoms with van der Waals surface area (Å²) in [4.78, 5) is 12.8. The number of sulfonamides is 1. The average molecular weight is 430 g/mol. The number of benzene rings is 1. The molecule has 0 saturated carbocycles. The predicted molar refractivity (Wildman–Crippen MR) is 113 cm³/mol. The van der Waals surface area contributed by atoms with Gasteiger partial charge in [-0.1, -0.05) is 6.07 Å². The highest BCUT2D eigenvalue weighted by atomic mass is 35.5. The maximum Gasteiger partial charge on any atom is 0.243 e. The molecule has 1 aromatic rings. The number of piperidine rings is 1. The Hall–Kier alpha value is -1.15. The zero-order valence-corrected chi connectivity index (χ0v) is 18.4. The Morgan fingerprint density at radius 2 is 1.79 bits per heavy atom. The number of fused-ring (bicyclic) bond motifs is 1. The summed E-state index contributed by atoms with van der Waals surface area (Å²) in [5, 5.41) is 2.96. The number of rotatable bonds is 5. The summed E-state index contributed by atoms with van der Waals surface area (Å²) < 4.78 is 27.6. The van der Waals surface area contributed by atoms with E-state index < -0.39 is 15.6 Å². The fourth-order valence-corrected chi connectivity index (χ4v) is 5.39. The molecule has 6 nitrogen and oxygen atoms in total. The van der Waals surface area contributed by atoms with E-state index in [4.69, 9.17) is 5.73 Å². The van der Waals surface area contributed by atoms with Crippen LogP contribution in [0.5, 0.6) is 0 Å². The van der Waals surface area contributed by atoms with Crippen molar-refractivity contribution in [3.8, 4) is 0 Å². The topological polar surface area (TPSA) is 92.5 Å². The molecule has 0 bridgehead atoms. The molecule has 3 N–H and O–H groups in total. The zero-order valence-electron chi connectivity index (χ0n) is 16.7. The normalized spacial score (nSPS) is 18.8. The lowest BCUT2D eigenvalue weighted by Crippen LogP contribution is -2.52. The number of aryl methyl sites for hydroxylation is 2. The molecular formula is C20H32ClN3O3S. The molecule has 158 valence electrons. The minimum atomic E-state index is -3.50. The first-order valence-electron chi connectivity index (χ1n) is 9.87. The van der Waals surface area contributed by atoms with Crippen LogP contribution < -0.4 is 11.1 Å². The molecular weight excluding hydrogens is 398 g/mol. The van der Waals surface area contributed by atoms with E-state index in [9.17, 15) is 13.2 Å². The molecule has 0 unspecified atom stereocenters. The molecule has 0 atom stereocenters. The van der Waals surface area contributed by atoms with Crippen LogP contribution >= 0.6 is 12.4 Å². The number of carbonyl (C=O) groups excluding carboxylic acids is 1. The molecule has 3 rings (SSSR count). The van der Waals surface area contributed by atoms with Crippen LogP contribution in [0.15, 0.2) is 23.1 Å². The second-order valence-electron chi connectivity index (χ2n) is 8.39. The van der Waals surface area contributed by atoms with E-state index in [1.165, 1.54) is 21.9 Å². The highest BCUT2D eigenvalue weighted by Gasteiger charge is 2.33. The van der Waals surface area contributed by atoms with Crippen LogP contribution in [0.3, 0.4) is 0 Å². The Morgan fingerprint density at radius 3 is 2.39 bits per heavy atom. The monoisotopic (exact) mass is 429 g/mol. The summed E-state index contributed by atoms with van der Waals surface area (Å²) in [6.45, 7) is 4.90. The van der Waals surface area contributed by atoms with E-state index >= 15 is 0 Å². The van der Waals surface area contributed by atoms with E-state index in [-0.39, 0.29) is 24.2 Å². The number of nitrogens with two attached hydrogens (primary N) is 1. The highest BCUT2D eigenvalue weighted by molar-refractivity contribution is 7.89. The van der Waals surface area contributed by atoms with Crippen molar-refractivity contribution in [3.05, 3.63) is 29.3 Å². The average Bonchev–Trinajstić information content (AvgIpc) is 2.67. The van der Waals surface area contributed by atoms with Gasteiger partial charge in [-0.05, 0) is 75.6 Å². The molecule has 1 saturated heterocycles. The van der Waals surface area contributed by atoms with Crippen molar-refractivity contribution < 1.29 is 13.2 Å². The van der Waals surface area contributed by atoms with Crippen LogP contribution in [-0.2, 0) is 27.7 Å². The van der Waals surface area contributed by atoms with Gasteiger partial charge in [0.2, 0.25) is 15.9 Å². The van der Waals surface area contributed by atoms with Gasteiger partial charge < -0.3 is 11.1 Å². The maximum absolute atomic E-state index is 13.0. The third-order valence-corrected chi connectivity index (χ3v) is 7.65. The molecule has 1 aromatic carbocycles. The summed E-state index contributed by atoms with van der Waals surface area (Å²) in [7, 11) is -3.50. The molecule has 1 fully saturated rings. The van der Waals surface area contributed by atoms with E-state index in [0.29, 0.717) is 37.4 Å². The van der Waals surface area contributed by atoms with Crippen molar-refractivity contribution in [1.82, 2.24) is 9.62 Å². The van der Waals surface area contributed by atoms with Crippen molar-refractivity contribution in [3.63, 3.8) is 0 Å². The van der Waals surface area contributed by atoms with Crippen molar-refractivity contribution >= 4 is 28.3 Å². The lowest BCUT2D eigenvalue weighted by atomic mass is 9.92. The fourth-order valence-electron chi connectivity index (χ4n) is 3.86. The van der Waals surface area contributed by atoms with Crippen molar-refractivity contribution in [2.24, 2.45) is 11.7 Å². The number of carbonyl (C=O) groups is 1. The van der Waals surface area contributed by atoms with Gasteiger partial charge in [0, 0.05) is 31.1 Å². The molecule has 1 heterocycles.